The van der Waals surface area contributed by atoms with Crippen molar-refractivity contribution in [1.29, 1.82) is 0 Å². The Kier molecular flexibility index (Phi) is 10.0. The second-order valence-corrected chi connectivity index (χ2v) is 11.4. The molecule has 0 unspecified atom stereocenters. The predicted octanol–water partition coefficient (Wildman–Crippen LogP) is 8.31. The smallest absolute Gasteiger partial charge is 0.333 e. The van der Waals surface area contributed by atoms with Crippen LogP contribution >= 0.6 is 0 Å². The van der Waals surface area contributed by atoms with Crippen molar-refractivity contribution in [2.24, 2.45) is 11.8 Å². The van der Waals surface area contributed by atoms with Crippen molar-refractivity contribution in [3.63, 3.8) is 0 Å². The van der Waals surface area contributed by atoms with E-state index in [1.165, 1.54) is 80.0 Å². The summed E-state index contributed by atoms with van der Waals surface area (Å²) in [7, 11) is 0. The molecule has 0 amide bonds. The monoisotopic (exact) mass is 502 g/mol. The molecule has 0 atom stereocenters. The minimum absolute atomic E-state index is 0.0181. The second kappa shape index (κ2) is 13.4. The Bertz CT molecular complexity index is 1050. The summed E-state index contributed by atoms with van der Waals surface area (Å²) >= 11 is 0. The summed E-state index contributed by atoms with van der Waals surface area (Å²) in [5.41, 5.74) is 7.92. The third-order valence-electron chi connectivity index (χ3n) is 8.93. The molecular weight excluding hydrogens is 456 g/mol. The van der Waals surface area contributed by atoms with Crippen LogP contribution in [0.2, 0.25) is 0 Å². The number of ether oxygens (including phenoxy) is 1. The van der Waals surface area contributed by atoms with Crippen LogP contribution in [0.15, 0.2) is 48.6 Å². The maximum Gasteiger partial charge on any atom is 0.333 e. The zero-order chi connectivity index (χ0) is 26.2. The molecule has 0 aromatic heterocycles. The van der Waals surface area contributed by atoms with E-state index >= 15 is 0 Å². The van der Waals surface area contributed by atoms with Crippen LogP contribution in [0.1, 0.15) is 106 Å². The number of benzene rings is 2. The largest absolute Gasteiger partial charge is 0.462 e. The SMILES string of the molecule is C=C(C)C(=O)OCCCc1cc(-c2ccc(C3CCC(C4CCCCC4)CC3)cc2CC)ccc1CO. The Morgan fingerprint density at radius 3 is 2.32 bits per heavy atom. The number of aliphatic hydroxyl groups is 1. The van der Waals surface area contributed by atoms with Gasteiger partial charge in [-0.15, -0.1) is 0 Å². The van der Waals surface area contributed by atoms with E-state index in [1.54, 1.807) is 6.92 Å². The first-order valence-electron chi connectivity index (χ1n) is 14.7. The van der Waals surface area contributed by atoms with Gasteiger partial charge in [-0.3, -0.25) is 0 Å². The average Bonchev–Trinajstić information content (AvgIpc) is 2.95. The highest BCUT2D eigenvalue weighted by molar-refractivity contribution is 5.86. The minimum Gasteiger partial charge on any atom is -0.462 e. The fourth-order valence-electron chi connectivity index (χ4n) is 6.70. The fourth-order valence-corrected chi connectivity index (χ4v) is 6.70. The van der Waals surface area contributed by atoms with Crippen molar-refractivity contribution in [3.8, 4) is 11.1 Å². The van der Waals surface area contributed by atoms with Crippen LogP contribution in [-0.2, 0) is 29.0 Å². The van der Waals surface area contributed by atoms with E-state index in [9.17, 15) is 9.90 Å². The normalized spacial score (nSPS) is 20.5. The van der Waals surface area contributed by atoms with Gasteiger partial charge >= 0.3 is 5.97 Å². The second-order valence-electron chi connectivity index (χ2n) is 11.4. The lowest BCUT2D eigenvalue weighted by Crippen LogP contribution is -2.23. The topological polar surface area (TPSA) is 46.5 Å². The number of esters is 1. The average molecular weight is 503 g/mol. The van der Waals surface area contributed by atoms with Crippen LogP contribution < -0.4 is 0 Å². The molecule has 0 radical (unpaired) electrons. The summed E-state index contributed by atoms with van der Waals surface area (Å²) in [6.07, 6.45) is 15.3. The molecule has 2 aromatic carbocycles. The van der Waals surface area contributed by atoms with Gasteiger partial charge < -0.3 is 9.84 Å². The van der Waals surface area contributed by atoms with Gasteiger partial charge in [0.05, 0.1) is 13.2 Å². The third kappa shape index (κ3) is 7.13. The Labute approximate surface area is 224 Å². The highest BCUT2D eigenvalue weighted by Gasteiger charge is 2.29. The summed E-state index contributed by atoms with van der Waals surface area (Å²) in [5, 5.41) is 9.88. The van der Waals surface area contributed by atoms with Gasteiger partial charge in [0.1, 0.15) is 0 Å². The van der Waals surface area contributed by atoms with Crippen molar-refractivity contribution in [1.82, 2.24) is 0 Å². The number of aryl methyl sites for hydroxylation is 2. The predicted molar refractivity (Wildman–Crippen MR) is 153 cm³/mol. The van der Waals surface area contributed by atoms with E-state index < -0.39 is 0 Å². The van der Waals surface area contributed by atoms with Gasteiger partial charge in [-0.25, -0.2) is 4.79 Å². The number of aliphatic hydroxyl groups excluding tert-OH is 1. The van der Waals surface area contributed by atoms with Crippen LogP contribution in [0, 0.1) is 11.8 Å². The van der Waals surface area contributed by atoms with Crippen molar-refractivity contribution >= 4 is 5.97 Å². The maximum absolute atomic E-state index is 11.7. The Hall–Kier alpha value is -2.39. The molecule has 0 aliphatic heterocycles. The molecule has 0 spiro atoms. The van der Waals surface area contributed by atoms with Gasteiger partial charge in [0.2, 0.25) is 0 Å². The van der Waals surface area contributed by atoms with Crippen LogP contribution in [0.25, 0.3) is 11.1 Å². The third-order valence-corrected chi connectivity index (χ3v) is 8.93. The first kappa shape index (κ1) is 27.6. The minimum atomic E-state index is -0.341. The van der Waals surface area contributed by atoms with Gasteiger partial charge in [-0.2, -0.15) is 0 Å². The molecule has 0 bridgehead atoms. The first-order chi connectivity index (χ1) is 18.0. The highest BCUT2D eigenvalue weighted by Crippen LogP contribution is 2.43. The quantitative estimate of drug-likeness (QED) is 0.202. The Balaban J connectivity index is 1.43. The molecule has 0 saturated heterocycles. The van der Waals surface area contributed by atoms with Gasteiger partial charge in [0.15, 0.2) is 0 Å². The van der Waals surface area contributed by atoms with E-state index in [-0.39, 0.29) is 12.6 Å². The lowest BCUT2D eigenvalue weighted by molar-refractivity contribution is -0.139. The molecule has 3 nitrogen and oxygen atoms in total. The van der Waals surface area contributed by atoms with Crippen molar-refractivity contribution < 1.29 is 14.6 Å². The zero-order valence-electron chi connectivity index (χ0n) is 23.1. The molecule has 2 aliphatic rings. The van der Waals surface area contributed by atoms with Crippen LogP contribution in [0.3, 0.4) is 0 Å². The van der Waals surface area contributed by atoms with E-state index in [0.29, 0.717) is 18.1 Å². The van der Waals surface area contributed by atoms with Crippen LogP contribution in [0.4, 0.5) is 0 Å². The van der Waals surface area contributed by atoms with Crippen molar-refractivity contribution in [2.75, 3.05) is 6.61 Å². The van der Waals surface area contributed by atoms with Crippen molar-refractivity contribution in [2.45, 2.75) is 103 Å². The van der Waals surface area contributed by atoms with Gasteiger partial charge in [0.25, 0.3) is 0 Å². The number of rotatable bonds is 10. The molecule has 2 aliphatic carbocycles. The molecular formula is C34H46O3. The van der Waals surface area contributed by atoms with E-state index in [0.717, 1.165) is 42.2 Å². The summed E-state index contributed by atoms with van der Waals surface area (Å²) in [6.45, 7) is 7.92. The molecule has 0 heterocycles. The van der Waals surface area contributed by atoms with Gasteiger partial charge in [-0.05, 0) is 103 Å². The molecule has 2 fully saturated rings. The molecule has 3 heteroatoms. The van der Waals surface area contributed by atoms with E-state index in [2.05, 4.69) is 43.8 Å². The molecule has 200 valence electrons. The standard InChI is InChI=1S/C34H46O3/c1-4-25-21-30(28-14-12-27(13-15-28)26-9-6-5-7-10-26)18-19-33(25)31-16-17-32(23-35)29(22-31)11-8-20-37-34(36)24(2)3/h16-19,21-22,26-28,35H,2,4-15,20,23H2,1,3H3. The lowest BCUT2D eigenvalue weighted by atomic mass is 9.70. The highest BCUT2D eigenvalue weighted by atomic mass is 16.5. The Morgan fingerprint density at radius 2 is 1.65 bits per heavy atom. The molecule has 4 rings (SSSR count). The van der Waals surface area contributed by atoms with E-state index in [4.69, 9.17) is 4.74 Å². The number of carbonyl (C=O) groups is 1. The first-order valence-corrected chi connectivity index (χ1v) is 14.7. The summed E-state index contributed by atoms with van der Waals surface area (Å²) in [6, 6.07) is 13.6. The van der Waals surface area contributed by atoms with E-state index in [1.807, 2.05) is 6.07 Å². The molecule has 37 heavy (non-hydrogen) atoms. The number of carbonyl (C=O) groups excluding carboxylic acids is 1. The summed E-state index contributed by atoms with van der Waals surface area (Å²) in [5.74, 6) is 2.33. The molecule has 2 saturated carbocycles. The molecule has 2 aromatic rings. The Morgan fingerprint density at radius 1 is 0.919 bits per heavy atom. The van der Waals surface area contributed by atoms with Gasteiger partial charge in [-0.1, -0.05) is 82.0 Å². The maximum atomic E-state index is 11.7. The zero-order valence-corrected chi connectivity index (χ0v) is 23.1. The van der Waals surface area contributed by atoms with Crippen LogP contribution in [0.5, 0.6) is 0 Å². The molecule has 1 N–H and O–H groups in total. The fraction of sp³-hybridized carbons (Fsp3) is 0.559. The van der Waals surface area contributed by atoms with Crippen molar-refractivity contribution in [3.05, 3.63) is 70.8 Å². The van der Waals surface area contributed by atoms with Gasteiger partial charge in [0, 0.05) is 5.57 Å². The number of hydrogen-bond donors (Lipinski definition) is 1. The summed E-state index contributed by atoms with van der Waals surface area (Å²) in [4.78, 5) is 11.7. The van der Waals surface area contributed by atoms with Crippen LogP contribution in [-0.4, -0.2) is 17.7 Å². The summed E-state index contributed by atoms with van der Waals surface area (Å²) < 4.78 is 5.26. The number of hydrogen-bond acceptors (Lipinski definition) is 3. The lowest BCUT2D eigenvalue weighted by Gasteiger charge is -2.36.